The molecule has 4 aromatic carbocycles. The number of phenols is 1. The molecule has 1 atom stereocenters. The van der Waals surface area contributed by atoms with E-state index in [9.17, 15) is 23.1 Å². The first kappa shape index (κ1) is 24.9. The zero-order valence-electron chi connectivity index (χ0n) is 21.1. The summed E-state index contributed by atoms with van der Waals surface area (Å²) in [6.45, 7) is 3.85. The molecule has 5 aromatic rings. The molecule has 0 saturated carbocycles. The van der Waals surface area contributed by atoms with Crippen LogP contribution in [-0.4, -0.2) is 10.6 Å². The second-order valence-electron chi connectivity index (χ2n) is 10.3. The Hall–Kier alpha value is -4.46. The van der Waals surface area contributed by atoms with Gasteiger partial charge in [0.05, 0.1) is 16.5 Å². The molecule has 0 fully saturated rings. The topological polar surface area (TPSA) is 71.7 Å². The molecule has 0 saturated heterocycles. The molecule has 8 heteroatoms. The summed E-state index contributed by atoms with van der Waals surface area (Å²) in [6.07, 6.45) is -4.44. The number of nitrogens with one attached hydrogen (secondary N) is 1. The van der Waals surface area contributed by atoms with Crippen molar-refractivity contribution < 1.29 is 27.4 Å². The highest BCUT2D eigenvalue weighted by atomic mass is 19.4. The Morgan fingerprint density at radius 3 is 2.28 bits per heavy atom. The predicted molar refractivity (Wildman–Crippen MR) is 143 cm³/mol. The number of anilines is 1. The molecular weight excluding hydrogens is 507 g/mol. The minimum absolute atomic E-state index is 0.0605. The number of phenolic OH excluding ortho intramolecular Hbond substituents is 1. The largest absolute Gasteiger partial charge is 0.507 e. The average Bonchev–Trinajstić information content (AvgIpc) is 3.16. The van der Waals surface area contributed by atoms with E-state index in [4.69, 9.17) is 9.15 Å². The van der Waals surface area contributed by atoms with Gasteiger partial charge in [-0.25, -0.2) is 4.79 Å². The highest BCUT2D eigenvalue weighted by Gasteiger charge is 2.44. The van der Waals surface area contributed by atoms with Crippen molar-refractivity contribution in [1.29, 1.82) is 0 Å². The maximum atomic E-state index is 13.6. The van der Waals surface area contributed by atoms with Crippen LogP contribution in [0.1, 0.15) is 42.0 Å². The van der Waals surface area contributed by atoms with E-state index >= 15 is 0 Å². The zero-order chi connectivity index (χ0) is 27.5. The summed E-state index contributed by atoms with van der Waals surface area (Å²) in [4.78, 5) is 13.6. The van der Waals surface area contributed by atoms with Crippen LogP contribution in [0.15, 0.2) is 88.1 Å². The molecule has 6 rings (SSSR count). The van der Waals surface area contributed by atoms with Gasteiger partial charge in [-0.15, -0.1) is 0 Å². The van der Waals surface area contributed by atoms with Crippen molar-refractivity contribution in [3.63, 3.8) is 0 Å². The molecule has 0 aliphatic carbocycles. The quantitative estimate of drug-likeness (QED) is 0.185. The zero-order valence-corrected chi connectivity index (χ0v) is 21.1. The van der Waals surface area contributed by atoms with Gasteiger partial charge in [0.2, 0.25) is 0 Å². The Kier molecular flexibility index (Phi) is 5.61. The monoisotopic (exact) mass is 531 g/mol. The van der Waals surface area contributed by atoms with Gasteiger partial charge in [-0.05, 0) is 55.3 Å². The maximum absolute atomic E-state index is 13.6. The van der Waals surface area contributed by atoms with Crippen LogP contribution in [0, 0.1) is 0 Å². The molecule has 0 bridgehead atoms. The molecule has 0 unspecified atom stereocenters. The first-order chi connectivity index (χ1) is 18.5. The summed E-state index contributed by atoms with van der Waals surface area (Å²) in [7, 11) is 0. The lowest BCUT2D eigenvalue weighted by atomic mass is 9.80. The number of alkyl halides is 3. The third-order valence-electron chi connectivity index (χ3n) is 7.29. The summed E-state index contributed by atoms with van der Waals surface area (Å²) in [6, 6.07) is 20.8. The normalized spacial score (nSPS) is 16.3. The number of aromatic hydroxyl groups is 1. The van der Waals surface area contributed by atoms with E-state index in [1.807, 2.05) is 38.1 Å². The lowest BCUT2D eigenvalue weighted by molar-refractivity contribution is -0.137. The highest BCUT2D eigenvalue weighted by molar-refractivity contribution is 6.01. The SMILES string of the molecule is CC1(C)Nc2c(cc(O)c3ccccc23)[C@@H]1c1c(OCc2ccc(C(F)(F)F)cc2)c2ccccc2oc1=O. The van der Waals surface area contributed by atoms with Gasteiger partial charge in [0.25, 0.3) is 0 Å². The van der Waals surface area contributed by atoms with Gasteiger partial charge in [-0.2, -0.15) is 13.2 Å². The molecule has 0 spiro atoms. The first-order valence-electron chi connectivity index (χ1n) is 12.4. The standard InChI is InChI=1S/C31H24F3NO4/c1-30(2)26(22-15-23(36)19-7-3-4-8-20(19)27(22)35-30)25-28(21-9-5-6-10-24(21)39-29(25)37)38-16-17-11-13-18(14-12-17)31(32,33)34/h3-15,26,35-36H,16H2,1-2H3/t26-/m1/s1. The molecule has 39 heavy (non-hydrogen) atoms. The fourth-order valence-electron chi connectivity index (χ4n) is 5.53. The van der Waals surface area contributed by atoms with Crippen molar-refractivity contribution in [3.05, 3.63) is 112 Å². The summed E-state index contributed by atoms with van der Waals surface area (Å²) in [5, 5.41) is 16.5. The number of hydrogen-bond donors (Lipinski definition) is 2. The minimum Gasteiger partial charge on any atom is -0.507 e. The summed E-state index contributed by atoms with van der Waals surface area (Å²) in [5.41, 5.74) is 0.627. The number of halogens is 3. The molecule has 198 valence electrons. The molecule has 2 N–H and O–H groups in total. The summed E-state index contributed by atoms with van der Waals surface area (Å²) in [5.74, 6) is -0.181. The molecule has 1 aliphatic heterocycles. The average molecular weight is 532 g/mol. The van der Waals surface area contributed by atoms with Gasteiger partial charge in [0, 0.05) is 27.9 Å². The molecule has 2 heterocycles. The van der Waals surface area contributed by atoms with Crippen molar-refractivity contribution in [3.8, 4) is 11.5 Å². The fraction of sp³-hybridized carbons (Fsp3) is 0.194. The van der Waals surface area contributed by atoms with Gasteiger partial charge >= 0.3 is 11.8 Å². The predicted octanol–water partition coefficient (Wildman–Crippen LogP) is 7.59. The lowest BCUT2D eigenvalue weighted by Gasteiger charge is -2.29. The Bertz CT molecular complexity index is 1790. The van der Waals surface area contributed by atoms with E-state index < -0.39 is 28.8 Å². The van der Waals surface area contributed by atoms with E-state index in [0.29, 0.717) is 27.7 Å². The number of hydrogen-bond acceptors (Lipinski definition) is 5. The first-order valence-corrected chi connectivity index (χ1v) is 12.4. The highest BCUT2D eigenvalue weighted by Crippen LogP contribution is 2.52. The number of benzene rings is 4. The van der Waals surface area contributed by atoms with Crippen molar-refractivity contribution in [2.45, 2.75) is 38.1 Å². The van der Waals surface area contributed by atoms with E-state index in [2.05, 4.69) is 5.32 Å². The second-order valence-corrected chi connectivity index (χ2v) is 10.3. The van der Waals surface area contributed by atoms with Crippen LogP contribution < -0.4 is 15.7 Å². The van der Waals surface area contributed by atoms with Crippen LogP contribution in [0.4, 0.5) is 18.9 Å². The smallest absolute Gasteiger partial charge is 0.416 e. The molecule has 1 aromatic heterocycles. The van der Waals surface area contributed by atoms with Gasteiger partial charge < -0.3 is 19.6 Å². The molecule has 5 nitrogen and oxygen atoms in total. The van der Waals surface area contributed by atoms with Gasteiger partial charge in [0.1, 0.15) is 23.7 Å². The Morgan fingerprint density at radius 1 is 0.949 bits per heavy atom. The Balaban J connectivity index is 1.51. The van der Waals surface area contributed by atoms with Crippen molar-refractivity contribution in [2.24, 2.45) is 0 Å². The third kappa shape index (κ3) is 4.16. The Morgan fingerprint density at radius 2 is 1.59 bits per heavy atom. The van der Waals surface area contributed by atoms with Crippen LogP contribution in [0.5, 0.6) is 11.5 Å². The molecule has 0 radical (unpaired) electrons. The van der Waals surface area contributed by atoms with E-state index in [0.717, 1.165) is 28.8 Å². The maximum Gasteiger partial charge on any atom is 0.416 e. The molecule has 1 aliphatic rings. The second kappa shape index (κ2) is 8.80. The van der Waals surface area contributed by atoms with Gasteiger partial charge in [-0.1, -0.05) is 48.5 Å². The number of para-hydroxylation sites is 1. The fourth-order valence-corrected chi connectivity index (χ4v) is 5.53. The van der Waals surface area contributed by atoms with Crippen molar-refractivity contribution >= 4 is 27.4 Å². The number of rotatable bonds is 4. The summed E-state index contributed by atoms with van der Waals surface area (Å²) >= 11 is 0. The van der Waals surface area contributed by atoms with E-state index in [-0.39, 0.29) is 17.9 Å². The van der Waals surface area contributed by atoms with Gasteiger partial charge in [-0.3, -0.25) is 0 Å². The number of ether oxygens (including phenoxy) is 1. The summed E-state index contributed by atoms with van der Waals surface area (Å²) < 4.78 is 51.1. The third-order valence-corrected chi connectivity index (χ3v) is 7.29. The lowest BCUT2D eigenvalue weighted by Crippen LogP contribution is -2.35. The van der Waals surface area contributed by atoms with E-state index in [1.54, 1.807) is 30.3 Å². The van der Waals surface area contributed by atoms with Crippen LogP contribution in [0.3, 0.4) is 0 Å². The van der Waals surface area contributed by atoms with Crippen LogP contribution in [0.2, 0.25) is 0 Å². The van der Waals surface area contributed by atoms with E-state index in [1.165, 1.54) is 12.1 Å². The van der Waals surface area contributed by atoms with Crippen LogP contribution >= 0.6 is 0 Å². The molecule has 0 amide bonds. The van der Waals surface area contributed by atoms with Crippen LogP contribution in [-0.2, 0) is 12.8 Å². The number of fused-ring (bicyclic) bond motifs is 4. The van der Waals surface area contributed by atoms with Crippen molar-refractivity contribution in [2.75, 3.05) is 5.32 Å². The van der Waals surface area contributed by atoms with Gasteiger partial charge in [0.15, 0.2) is 0 Å². The minimum atomic E-state index is -4.44. The molecular formula is C31H24F3NO4. The Labute approximate surface area is 221 Å². The van der Waals surface area contributed by atoms with Crippen molar-refractivity contribution in [1.82, 2.24) is 0 Å². The van der Waals surface area contributed by atoms with Crippen LogP contribution in [0.25, 0.3) is 21.7 Å².